The molecule has 0 aromatic carbocycles. The van der Waals surface area contributed by atoms with Crippen molar-refractivity contribution in [2.75, 3.05) is 14.1 Å². The van der Waals surface area contributed by atoms with Gasteiger partial charge in [0, 0.05) is 11.1 Å². The summed E-state index contributed by atoms with van der Waals surface area (Å²) in [5.41, 5.74) is 3.67. The fourth-order valence-corrected chi connectivity index (χ4v) is 2.28. The standard InChI is InChI=1S/C16H29N3/c1-10(2)13-11(3)17-15(12(4)19(8)9)18-14(13)16(5,6)7/h10,12H,1-9H3/t12-/m1/s1. The molecule has 19 heavy (non-hydrogen) atoms. The first-order valence-corrected chi connectivity index (χ1v) is 7.11. The number of hydrogen-bond acceptors (Lipinski definition) is 3. The Kier molecular flexibility index (Phi) is 4.72. The summed E-state index contributed by atoms with van der Waals surface area (Å²) in [6.45, 7) is 15.4. The van der Waals surface area contributed by atoms with Gasteiger partial charge in [-0.25, -0.2) is 9.97 Å². The summed E-state index contributed by atoms with van der Waals surface area (Å²) in [6.07, 6.45) is 0. The van der Waals surface area contributed by atoms with Crippen LogP contribution in [0.2, 0.25) is 0 Å². The van der Waals surface area contributed by atoms with E-state index in [2.05, 4.69) is 67.5 Å². The summed E-state index contributed by atoms with van der Waals surface area (Å²) in [5.74, 6) is 1.38. The molecule has 3 nitrogen and oxygen atoms in total. The van der Waals surface area contributed by atoms with Gasteiger partial charge in [0.05, 0.1) is 11.7 Å². The largest absolute Gasteiger partial charge is 0.300 e. The molecule has 0 radical (unpaired) electrons. The van der Waals surface area contributed by atoms with Gasteiger partial charge >= 0.3 is 0 Å². The van der Waals surface area contributed by atoms with Gasteiger partial charge in [0.25, 0.3) is 0 Å². The van der Waals surface area contributed by atoms with E-state index in [9.17, 15) is 0 Å². The van der Waals surface area contributed by atoms with Gasteiger partial charge in [0.1, 0.15) is 5.82 Å². The topological polar surface area (TPSA) is 29.0 Å². The van der Waals surface area contributed by atoms with Crippen LogP contribution in [0.5, 0.6) is 0 Å². The van der Waals surface area contributed by atoms with Gasteiger partial charge in [-0.1, -0.05) is 34.6 Å². The minimum absolute atomic E-state index is 0.0497. The Morgan fingerprint density at radius 3 is 1.89 bits per heavy atom. The summed E-state index contributed by atoms with van der Waals surface area (Å²) in [5, 5.41) is 0. The molecule has 0 spiro atoms. The first kappa shape index (κ1) is 16.1. The molecule has 1 rings (SSSR count). The number of aryl methyl sites for hydroxylation is 1. The predicted octanol–water partition coefficient (Wildman–Crippen LogP) is 3.83. The lowest BCUT2D eigenvalue weighted by atomic mass is 9.84. The molecule has 0 aliphatic rings. The van der Waals surface area contributed by atoms with E-state index < -0.39 is 0 Å². The molecular formula is C16H29N3. The first-order valence-electron chi connectivity index (χ1n) is 7.11. The molecule has 1 heterocycles. The quantitative estimate of drug-likeness (QED) is 0.830. The van der Waals surface area contributed by atoms with E-state index in [1.54, 1.807) is 0 Å². The second-order valence-electron chi connectivity index (χ2n) is 6.97. The third-order valence-electron chi connectivity index (χ3n) is 3.59. The number of rotatable bonds is 3. The third kappa shape index (κ3) is 3.53. The van der Waals surface area contributed by atoms with Crippen molar-refractivity contribution in [3.8, 4) is 0 Å². The molecule has 3 heteroatoms. The van der Waals surface area contributed by atoms with E-state index in [0.29, 0.717) is 5.92 Å². The number of hydrogen-bond donors (Lipinski definition) is 0. The molecule has 0 amide bonds. The van der Waals surface area contributed by atoms with Crippen molar-refractivity contribution >= 4 is 0 Å². The number of aromatic nitrogens is 2. The molecular weight excluding hydrogens is 234 g/mol. The minimum atomic E-state index is 0.0497. The van der Waals surface area contributed by atoms with Crippen molar-refractivity contribution in [2.45, 2.75) is 65.8 Å². The van der Waals surface area contributed by atoms with Crippen molar-refractivity contribution in [2.24, 2.45) is 0 Å². The SMILES string of the molecule is Cc1nc([C@@H](C)N(C)C)nc(C(C)(C)C)c1C(C)C. The van der Waals surface area contributed by atoms with Crippen LogP contribution in [0.25, 0.3) is 0 Å². The average molecular weight is 263 g/mol. The highest BCUT2D eigenvalue weighted by Gasteiger charge is 2.26. The Balaban J connectivity index is 3.48. The molecule has 0 unspecified atom stereocenters. The molecule has 1 aromatic heterocycles. The third-order valence-corrected chi connectivity index (χ3v) is 3.59. The lowest BCUT2D eigenvalue weighted by Gasteiger charge is -2.27. The van der Waals surface area contributed by atoms with Gasteiger partial charge in [0.15, 0.2) is 0 Å². The molecule has 0 saturated carbocycles. The second kappa shape index (κ2) is 5.58. The Labute approximate surface area is 118 Å². The highest BCUT2D eigenvalue weighted by atomic mass is 15.1. The van der Waals surface area contributed by atoms with E-state index in [0.717, 1.165) is 11.5 Å². The molecule has 0 fully saturated rings. The van der Waals surface area contributed by atoms with Gasteiger partial charge in [-0.05, 0) is 39.4 Å². The van der Waals surface area contributed by atoms with Crippen LogP contribution in [0.4, 0.5) is 0 Å². The van der Waals surface area contributed by atoms with E-state index in [4.69, 9.17) is 9.97 Å². The van der Waals surface area contributed by atoms with Gasteiger partial charge < -0.3 is 0 Å². The molecule has 0 saturated heterocycles. The maximum absolute atomic E-state index is 4.89. The molecule has 0 N–H and O–H groups in total. The van der Waals surface area contributed by atoms with Gasteiger partial charge in [-0.2, -0.15) is 0 Å². The maximum Gasteiger partial charge on any atom is 0.145 e. The van der Waals surface area contributed by atoms with Crippen LogP contribution in [0.15, 0.2) is 0 Å². The summed E-state index contributed by atoms with van der Waals surface area (Å²) in [7, 11) is 4.13. The van der Waals surface area contributed by atoms with Crippen LogP contribution in [0.1, 0.15) is 76.3 Å². The summed E-state index contributed by atoms with van der Waals surface area (Å²) in [6, 6.07) is 0.237. The van der Waals surface area contributed by atoms with E-state index in [1.807, 2.05) is 0 Å². The average Bonchev–Trinajstić information content (AvgIpc) is 2.24. The van der Waals surface area contributed by atoms with Crippen molar-refractivity contribution in [3.63, 3.8) is 0 Å². The molecule has 108 valence electrons. The lowest BCUT2D eigenvalue weighted by molar-refractivity contribution is 0.306. The van der Waals surface area contributed by atoms with E-state index in [-0.39, 0.29) is 11.5 Å². The highest BCUT2D eigenvalue weighted by molar-refractivity contribution is 5.33. The Morgan fingerprint density at radius 1 is 1.00 bits per heavy atom. The van der Waals surface area contributed by atoms with Crippen LogP contribution in [0, 0.1) is 6.92 Å². The molecule has 1 atom stereocenters. The zero-order chi connectivity index (χ0) is 15.0. The van der Waals surface area contributed by atoms with Gasteiger partial charge in [0.2, 0.25) is 0 Å². The smallest absolute Gasteiger partial charge is 0.145 e. The van der Waals surface area contributed by atoms with Crippen LogP contribution < -0.4 is 0 Å². The van der Waals surface area contributed by atoms with Crippen LogP contribution in [-0.2, 0) is 5.41 Å². The van der Waals surface area contributed by atoms with E-state index in [1.165, 1.54) is 11.3 Å². The second-order valence-corrected chi connectivity index (χ2v) is 6.97. The number of nitrogens with zero attached hydrogens (tertiary/aromatic N) is 3. The van der Waals surface area contributed by atoms with Crippen LogP contribution in [0.3, 0.4) is 0 Å². The molecule has 0 bridgehead atoms. The van der Waals surface area contributed by atoms with Crippen molar-refractivity contribution < 1.29 is 0 Å². The van der Waals surface area contributed by atoms with Crippen molar-refractivity contribution in [1.29, 1.82) is 0 Å². The fourth-order valence-electron chi connectivity index (χ4n) is 2.28. The molecule has 0 aliphatic heterocycles. The normalized spacial score (nSPS) is 14.3. The zero-order valence-corrected chi connectivity index (χ0v) is 14.0. The maximum atomic E-state index is 4.89. The Morgan fingerprint density at radius 2 is 1.53 bits per heavy atom. The van der Waals surface area contributed by atoms with Crippen LogP contribution in [-0.4, -0.2) is 29.0 Å². The summed E-state index contributed by atoms with van der Waals surface area (Å²) < 4.78 is 0. The zero-order valence-electron chi connectivity index (χ0n) is 14.0. The first-order chi connectivity index (χ1) is 8.55. The minimum Gasteiger partial charge on any atom is -0.300 e. The Hall–Kier alpha value is -0.960. The molecule has 1 aromatic rings. The molecule has 0 aliphatic carbocycles. The predicted molar refractivity (Wildman–Crippen MR) is 81.7 cm³/mol. The van der Waals surface area contributed by atoms with Crippen molar-refractivity contribution in [3.05, 3.63) is 22.8 Å². The van der Waals surface area contributed by atoms with Gasteiger partial charge in [-0.15, -0.1) is 0 Å². The van der Waals surface area contributed by atoms with Crippen LogP contribution >= 0.6 is 0 Å². The van der Waals surface area contributed by atoms with Gasteiger partial charge in [-0.3, -0.25) is 4.90 Å². The van der Waals surface area contributed by atoms with Crippen molar-refractivity contribution in [1.82, 2.24) is 14.9 Å². The lowest BCUT2D eigenvalue weighted by Crippen LogP contribution is -2.25. The fraction of sp³-hybridized carbons (Fsp3) is 0.750. The highest BCUT2D eigenvalue weighted by Crippen LogP contribution is 2.31. The summed E-state index contributed by atoms with van der Waals surface area (Å²) in [4.78, 5) is 11.8. The monoisotopic (exact) mass is 263 g/mol. The van der Waals surface area contributed by atoms with E-state index >= 15 is 0 Å². The Bertz CT molecular complexity index is 442. The summed E-state index contributed by atoms with van der Waals surface area (Å²) >= 11 is 0.